The van der Waals surface area contributed by atoms with Gasteiger partial charge in [-0.1, -0.05) is 17.4 Å². The molecule has 3 aliphatic heterocycles. The highest BCUT2D eigenvalue weighted by Gasteiger charge is 2.35. The number of carbonyl (C=O) groups is 2. The van der Waals surface area contributed by atoms with Gasteiger partial charge >= 0.3 is 0 Å². The lowest BCUT2D eigenvalue weighted by atomic mass is 9.91. The van der Waals surface area contributed by atoms with Crippen molar-refractivity contribution in [3.63, 3.8) is 0 Å². The lowest BCUT2D eigenvalue weighted by molar-refractivity contribution is -0.134. The second kappa shape index (κ2) is 16.0. The van der Waals surface area contributed by atoms with Crippen molar-refractivity contribution in [3.8, 4) is 22.0 Å². The Morgan fingerprint density at radius 3 is 2.45 bits per heavy atom. The van der Waals surface area contributed by atoms with Crippen LogP contribution in [0.4, 0.5) is 31.1 Å². The van der Waals surface area contributed by atoms with Crippen LogP contribution in [0.5, 0.6) is 0 Å². The first-order valence-corrected chi connectivity index (χ1v) is 20.9. The quantitative estimate of drug-likeness (QED) is 0.126. The number of amides is 2. The fraction of sp³-hybridized carbons (Fsp3) is 0.463. The number of fused-ring (bicyclic) bond motifs is 1. The van der Waals surface area contributed by atoms with E-state index < -0.39 is 5.92 Å². The molecule has 9 rings (SSSR count). The molecule has 0 bridgehead atoms. The van der Waals surface area contributed by atoms with Gasteiger partial charge in [0.25, 0.3) is 0 Å². The monoisotopic (exact) mass is 806 g/mol. The lowest BCUT2D eigenvalue weighted by Gasteiger charge is -2.39. The Balaban J connectivity index is 0.818. The van der Waals surface area contributed by atoms with Crippen molar-refractivity contribution in [3.05, 3.63) is 72.0 Å². The number of anilines is 3. The number of piperazine rings is 1. The van der Waals surface area contributed by atoms with E-state index in [1.807, 2.05) is 30.3 Å². The van der Waals surface area contributed by atoms with Crippen LogP contribution in [0.2, 0.25) is 0 Å². The fourth-order valence-corrected chi connectivity index (χ4v) is 9.54. The maximum Gasteiger partial charge on any atom is 0.248 e. The van der Waals surface area contributed by atoms with Crippen LogP contribution in [0.1, 0.15) is 62.8 Å². The Labute approximate surface area is 338 Å². The minimum absolute atomic E-state index is 0.111. The average Bonchev–Trinajstić information content (AvgIpc) is 3.90. The lowest BCUT2D eigenvalue weighted by Crippen LogP contribution is -2.49. The number of hydrogen-bond acceptors (Lipinski definition) is 12. The average molecular weight is 807 g/mol. The molecule has 8 heterocycles. The predicted octanol–water partition coefficient (Wildman–Crippen LogP) is 6.41. The zero-order valence-electron chi connectivity index (χ0n) is 32.0. The number of rotatable bonds is 9. The van der Waals surface area contributed by atoms with Crippen molar-refractivity contribution >= 4 is 51.0 Å². The van der Waals surface area contributed by atoms with Crippen molar-refractivity contribution in [2.75, 3.05) is 60.9 Å². The van der Waals surface area contributed by atoms with E-state index in [9.17, 15) is 18.4 Å². The molecule has 14 nitrogen and oxygen atoms in total. The third-order valence-electron chi connectivity index (χ3n) is 12.0. The summed E-state index contributed by atoms with van der Waals surface area (Å²) in [6, 6.07) is 11.4. The number of alkyl halides is 2. The van der Waals surface area contributed by atoms with Gasteiger partial charge in [0.15, 0.2) is 5.01 Å². The summed E-state index contributed by atoms with van der Waals surface area (Å²) in [7, 11) is 0. The first-order chi connectivity index (χ1) is 28.2. The van der Waals surface area contributed by atoms with Crippen LogP contribution >= 0.6 is 11.3 Å². The molecule has 300 valence electrons. The molecule has 5 aromatic heterocycles. The minimum atomic E-state index is -2.63. The Bertz CT molecular complexity index is 2330. The molecule has 5 aromatic rings. The molecule has 2 N–H and O–H groups in total. The highest BCUT2D eigenvalue weighted by Crippen LogP contribution is 2.39. The minimum Gasteiger partial charge on any atom is -0.382 e. The van der Waals surface area contributed by atoms with Crippen LogP contribution in [0, 0.1) is 12.5 Å². The summed E-state index contributed by atoms with van der Waals surface area (Å²) in [4.78, 5) is 44.0. The van der Waals surface area contributed by atoms with Gasteiger partial charge in [-0.3, -0.25) is 24.8 Å². The molecule has 0 aromatic carbocycles. The molecular formula is C41H44F2N12O2S. The third-order valence-corrected chi connectivity index (χ3v) is 13.0. The van der Waals surface area contributed by atoms with Crippen LogP contribution in [0.3, 0.4) is 0 Å². The van der Waals surface area contributed by atoms with E-state index in [1.165, 1.54) is 17.5 Å². The maximum absolute atomic E-state index is 14.1. The third kappa shape index (κ3) is 8.08. The maximum atomic E-state index is 14.1. The zero-order chi connectivity index (χ0) is 39.8. The summed E-state index contributed by atoms with van der Waals surface area (Å²) in [6.45, 7) is 13.8. The summed E-state index contributed by atoms with van der Waals surface area (Å²) >= 11 is 1.52. The molecule has 0 radical (unpaired) electrons. The van der Waals surface area contributed by atoms with Crippen LogP contribution in [0.15, 0.2) is 55.0 Å². The fourth-order valence-electron chi connectivity index (χ4n) is 8.62. The number of nitrogens with one attached hydrogen (secondary N) is 2. The molecule has 2 amide bonds. The summed E-state index contributed by atoms with van der Waals surface area (Å²) < 4.78 is 29.9. The molecule has 1 aliphatic carbocycles. The number of nitrogens with zero attached hydrogens (tertiary/aromatic N) is 10. The molecule has 1 atom stereocenters. The second-order valence-corrected chi connectivity index (χ2v) is 16.8. The van der Waals surface area contributed by atoms with Gasteiger partial charge in [-0.25, -0.2) is 23.1 Å². The Morgan fingerprint density at radius 1 is 0.897 bits per heavy atom. The predicted molar refractivity (Wildman–Crippen MR) is 217 cm³/mol. The summed E-state index contributed by atoms with van der Waals surface area (Å²) in [6.07, 6.45) is 8.57. The van der Waals surface area contributed by atoms with Crippen molar-refractivity contribution < 1.29 is 18.4 Å². The van der Waals surface area contributed by atoms with Crippen LogP contribution in [-0.2, 0) is 9.59 Å². The summed E-state index contributed by atoms with van der Waals surface area (Å²) in [5.41, 5.74) is 5.06. The molecule has 1 saturated carbocycles. The highest BCUT2D eigenvalue weighted by atomic mass is 32.1. The van der Waals surface area contributed by atoms with Crippen LogP contribution in [-0.4, -0.2) is 104 Å². The number of aromatic nitrogens is 6. The molecule has 0 unspecified atom stereocenters. The number of pyridine rings is 2. The standard InChI is InChI=1S/C41H44F2N12O2S/c1-44-29-20-30-3-5-35(55(30)47-23-29)34-21-33(48-28-8-12-41(42,43)13-9-28)32(24-45-34)39-50-51-40(58-39)54-18-16-52(17-19-54)25-26-10-14-53(15-11-26)36-6-2-27(22-46-36)31-4-7-37(56)49-38(31)57/h2-3,5-6,20-24,26,28,31H,4,7-19,25H2,(H,45,48)(H,49,56,57)/t31-/m0/s1. The van der Waals surface area contributed by atoms with Gasteiger partial charge in [0, 0.05) is 89.2 Å². The molecule has 0 spiro atoms. The topological polar surface area (TPSA) is 141 Å². The Morgan fingerprint density at radius 2 is 1.71 bits per heavy atom. The first kappa shape index (κ1) is 37.9. The van der Waals surface area contributed by atoms with E-state index in [4.69, 9.17) is 11.6 Å². The molecule has 3 saturated heterocycles. The molecule has 4 aliphatic rings. The van der Waals surface area contributed by atoms with Gasteiger partial charge in [0.2, 0.25) is 28.6 Å². The number of carbonyl (C=O) groups excluding carboxylic acids is 2. The Hall–Kier alpha value is -5.60. The molecule has 4 fully saturated rings. The largest absolute Gasteiger partial charge is 0.382 e. The van der Waals surface area contributed by atoms with Crippen LogP contribution in [0.25, 0.3) is 32.3 Å². The van der Waals surface area contributed by atoms with Crippen LogP contribution < -0.4 is 20.4 Å². The van der Waals surface area contributed by atoms with E-state index in [0.29, 0.717) is 48.0 Å². The van der Waals surface area contributed by atoms with E-state index >= 15 is 0 Å². The highest BCUT2D eigenvalue weighted by molar-refractivity contribution is 7.18. The van der Waals surface area contributed by atoms with Crippen molar-refractivity contribution in [1.82, 2.24) is 40.0 Å². The normalized spacial score (nSPS) is 20.9. The SMILES string of the molecule is [C-]#[N+]c1cnn2c(-c3cc(NC4CCC(F)(F)CC4)c(-c4nnc(N5CCN(CC6CCN(c7ccc([C@@H]8CCC(=O)NC8=O)cn7)CC6)CC5)s4)cn3)ccc2c1. The smallest absolute Gasteiger partial charge is 0.248 e. The van der Waals surface area contributed by atoms with Gasteiger partial charge in [0.1, 0.15) is 5.82 Å². The van der Waals surface area contributed by atoms with E-state index in [2.05, 4.69) is 50.5 Å². The van der Waals surface area contributed by atoms with Gasteiger partial charge in [-0.05, 0) is 73.9 Å². The van der Waals surface area contributed by atoms with Gasteiger partial charge < -0.3 is 15.1 Å². The van der Waals surface area contributed by atoms with E-state index in [-0.39, 0.29) is 36.6 Å². The van der Waals surface area contributed by atoms with Gasteiger partial charge in [-0.15, -0.1) is 10.2 Å². The number of imide groups is 1. The summed E-state index contributed by atoms with van der Waals surface area (Å²) in [5, 5.41) is 21.2. The molecular weight excluding hydrogens is 763 g/mol. The molecule has 58 heavy (non-hydrogen) atoms. The second-order valence-electron chi connectivity index (χ2n) is 15.8. The zero-order valence-corrected chi connectivity index (χ0v) is 32.8. The van der Waals surface area contributed by atoms with Crippen molar-refractivity contribution in [2.24, 2.45) is 5.92 Å². The van der Waals surface area contributed by atoms with E-state index in [1.54, 1.807) is 23.0 Å². The van der Waals surface area contributed by atoms with Gasteiger partial charge in [0.05, 0.1) is 41.2 Å². The molecule has 17 heteroatoms. The Kier molecular flexibility index (Phi) is 10.5. The van der Waals surface area contributed by atoms with Crippen molar-refractivity contribution in [2.45, 2.75) is 69.2 Å². The summed E-state index contributed by atoms with van der Waals surface area (Å²) in [5.74, 6) is -1.87. The van der Waals surface area contributed by atoms with Crippen molar-refractivity contribution in [1.29, 1.82) is 0 Å². The number of piperidine rings is 2. The first-order valence-electron chi connectivity index (χ1n) is 20.0. The number of halogens is 2. The number of hydrogen-bond donors (Lipinski definition) is 2. The van der Waals surface area contributed by atoms with Gasteiger partial charge in [-0.2, -0.15) is 5.10 Å². The van der Waals surface area contributed by atoms with E-state index in [0.717, 1.165) is 97.6 Å².